The van der Waals surface area contributed by atoms with E-state index < -0.39 is 20.0 Å². The van der Waals surface area contributed by atoms with E-state index in [1.807, 2.05) is 38.2 Å². The number of benzene rings is 1. The van der Waals surface area contributed by atoms with Gasteiger partial charge in [-0.15, -0.1) is 0 Å². The summed E-state index contributed by atoms with van der Waals surface area (Å²) in [6.07, 6.45) is 7.53. The first-order valence-corrected chi connectivity index (χ1v) is 17.0. The van der Waals surface area contributed by atoms with Gasteiger partial charge < -0.3 is 24.4 Å². The number of hydrogen-bond acceptors (Lipinski definition) is 5. The minimum absolute atomic E-state index is 0.0743. The predicted octanol–water partition coefficient (Wildman–Crippen LogP) is 5.03. The van der Waals surface area contributed by atoms with Gasteiger partial charge in [0.1, 0.15) is 0 Å². The molecule has 4 atom stereocenters. The maximum atomic E-state index is 14.4. The van der Waals surface area contributed by atoms with E-state index in [0.717, 1.165) is 36.2 Å². The van der Waals surface area contributed by atoms with Gasteiger partial charge in [0.2, 0.25) is 5.91 Å². The van der Waals surface area contributed by atoms with E-state index in [4.69, 9.17) is 4.74 Å². The van der Waals surface area contributed by atoms with Crippen LogP contribution in [0.4, 0.5) is 11.4 Å². The molecule has 0 unspecified atom stereocenters. The van der Waals surface area contributed by atoms with Crippen LogP contribution in [-0.2, 0) is 19.9 Å². The molecule has 2 N–H and O–H groups in total. The number of carbonyl (C=O) groups is 2. The average Bonchev–Trinajstić information content (AvgIpc) is 3.46. The minimum Gasteiger partial charge on any atom is -0.432 e. The van der Waals surface area contributed by atoms with E-state index in [-0.39, 0.29) is 29.9 Å². The second-order valence-electron chi connectivity index (χ2n) is 12.0. The number of anilines is 2. The highest BCUT2D eigenvalue weighted by Gasteiger charge is 2.66. The first-order valence-electron chi connectivity index (χ1n) is 14.0. The Morgan fingerprint density at radius 1 is 1.21 bits per heavy atom. The molecule has 1 spiro atoms. The lowest BCUT2D eigenvalue weighted by Crippen LogP contribution is -2.46. The van der Waals surface area contributed by atoms with Gasteiger partial charge in [-0.25, -0.2) is 0 Å². The lowest BCUT2D eigenvalue weighted by atomic mass is 9.82. The molecular formula is C30H44N2O5Si. The first kappa shape index (κ1) is 28.7. The molecule has 1 aromatic carbocycles. The molecule has 3 heterocycles. The second kappa shape index (κ2) is 11.1. The van der Waals surface area contributed by atoms with Gasteiger partial charge in [-0.2, -0.15) is 0 Å². The van der Waals surface area contributed by atoms with Crippen molar-refractivity contribution in [1.29, 1.82) is 0 Å². The predicted molar refractivity (Wildman–Crippen MR) is 154 cm³/mol. The Kier molecular flexibility index (Phi) is 8.38. The Bertz CT molecular complexity index is 1140. The molecule has 1 aromatic rings. The maximum Gasteiger partial charge on any atom is 0.264 e. The summed E-state index contributed by atoms with van der Waals surface area (Å²) in [5, 5.41) is 9.81. The summed E-state index contributed by atoms with van der Waals surface area (Å²) in [6.45, 7) is 13.1. The normalized spacial score (nSPS) is 27.6. The number of aliphatic hydroxyl groups excluding tert-OH is 1. The Labute approximate surface area is 228 Å². The Balaban J connectivity index is 1.76. The number of ether oxygens (including phenoxy) is 1. The molecule has 0 bridgehead atoms. The molecule has 0 saturated carbocycles. The summed E-state index contributed by atoms with van der Waals surface area (Å²) in [6, 6.07) is 5.84. The Hall–Kier alpha value is -2.26. The average molecular weight is 541 g/mol. The molecule has 3 aliphatic heterocycles. The summed E-state index contributed by atoms with van der Waals surface area (Å²) in [4.78, 5) is 41.8. The largest absolute Gasteiger partial charge is 0.432 e. The minimum atomic E-state index is -2.75. The molecule has 0 radical (unpaired) electrons. The van der Waals surface area contributed by atoms with E-state index in [1.54, 1.807) is 9.80 Å². The topological polar surface area (TPSA) is 90.3 Å². The van der Waals surface area contributed by atoms with Gasteiger partial charge in [0, 0.05) is 48.8 Å². The fourth-order valence-corrected chi connectivity index (χ4v) is 9.27. The van der Waals surface area contributed by atoms with Crippen LogP contribution >= 0.6 is 0 Å². The van der Waals surface area contributed by atoms with E-state index >= 15 is 0 Å². The van der Waals surface area contributed by atoms with Crippen LogP contribution in [0.5, 0.6) is 0 Å². The third kappa shape index (κ3) is 5.16. The molecule has 38 heavy (non-hydrogen) atoms. The number of fused-ring (bicyclic) bond motifs is 2. The molecule has 0 aliphatic carbocycles. The van der Waals surface area contributed by atoms with Crippen molar-refractivity contribution in [3.05, 3.63) is 47.1 Å². The number of allylic oxidation sites excluding steroid dienone is 3. The molecule has 0 aromatic heterocycles. The Morgan fingerprint density at radius 2 is 1.95 bits per heavy atom. The standard InChI is InChI=1S/C30H44N2O5Si/c1-20(2)9-7-10-21(3)14-17-32-25-13-12-23(31-16-8-11-27(31)34)19-24(25)30(29(32)35)22(4)28(38(5,6)36)26(37-30)15-18-33/h9,12-14,19,22,26,28,33,36H,7-8,10-11,15-18H2,1-6H3/b21-14+/t22-,26+,28-,30+/m1/s1. The summed E-state index contributed by atoms with van der Waals surface area (Å²) in [5.41, 5.74) is 3.40. The molecular weight excluding hydrogens is 496 g/mol. The van der Waals surface area contributed by atoms with Crippen molar-refractivity contribution in [2.75, 3.05) is 29.5 Å². The number of aliphatic hydroxyl groups is 1. The number of carbonyl (C=O) groups excluding carboxylic acids is 2. The van der Waals surface area contributed by atoms with Gasteiger partial charge in [-0.05, 0) is 77.7 Å². The summed E-state index contributed by atoms with van der Waals surface area (Å²) < 4.78 is 6.70. The third-order valence-corrected chi connectivity index (χ3v) is 11.0. The van der Waals surface area contributed by atoms with Crippen LogP contribution in [0, 0.1) is 5.92 Å². The molecule has 2 saturated heterocycles. The van der Waals surface area contributed by atoms with E-state index in [1.165, 1.54) is 11.1 Å². The highest BCUT2D eigenvalue weighted by Crippen LogP contribution is 2.60. The van der Waals surface area contributed by atoms with Crippen molar-refractivity contribution < 1.29 is 24.2 Å². The Morgan fingerprint density at radius 3 is 2.55 bits per heavy atom. The van der Waals surface area contributed by atoms with Gasteiger partial charge in [0.25, 0.3) is 5.91 Å². The van der Waals surface area contributed by atoms with Crippen LogP contribution < -0.4 is 9.80 Å². The van der Waals surface area contributed by atoms with Crippen molar-refractivity contribution in [3.8, 4) is 0 Å². The summed E-state index contributed by atoms with van der Waals surface area (Å²) >= 11 is 0. The molecule has 2 amide bonds. The highest BCUT2D eigenvalue weighted by atomic mass is 28.4. The zero-order chi connectivity index (χ0) is 27.8. The molecule has 2 fully saturated rings. The zero-order valence-electron chi connectivity index (χ0n) is 23.8. The first-order chi connectivity index (χ1) is 17.9. The number of nitrogens with zero attached hydrogens (tertiary/aromatic N) is 2. The second-order valence-corrected chi connectivity index (χ2v) is 16.0. The van der Waals surface area contributed by atoms with Gasteiger partial charge >= 0.3 is 0 Å². The highest BCUT2D eigenvalue weighted by molar-refractivity contribution is 6.71. The van der Waals surface area contributed by atoms with E-state index in [9.17, 15) is 19.5 Å². The van der Waals surface area contributed by atoms with Gasteiger partial charge in [-0.3, -0.25) is 9.59 Å². The lowest BCUT2D eigenvalue weighted by Gasteiger charge is -2.32. The van der Waals surface area contributed by atoms with Crippen LogP contribution in [0.2, 0.25) is 18.6 Å². The number of hydrogen-bond donors (Lipinski definition) is 2. The fraction of sp³-hybridized carbons (Fsp3) is 0.600. The van der Waals surface area contributed by atoms with Crippen LogP contribution in [-0.4, -0.2) is 55.8 Å². The van der Waals surface area contributed by atoms with Gasteiger partial charge in [-0.1, -0.05) is 30.2 Å². The SMILES string of the molecule is CC(C)=CCC/C(C)=C/CN1C(=O)[C@@]2(O[C@@H](CCO)[C@H]([Si](C)(C)O)[C@H]2C)c2cc(N3CCCC3=O)ccc21. The maximum absolute atomic E-state index is 14.4. The van der Waals surface area contributed by atoms with Crippen LogP contribution in [0.15, 0.2) is 41.5 Å². The smallest absolute Gasteiger partial charge is 0.264 e. The monoisotopic (exact) mass is 540 g/mol. The zero-order valence-corrected chi connectivity index (χ0v) is 24.8. The molecule has 7 nitrogen and oxygen atoms in total. The van der Waals surface area contributed by atoms with Crippen LogP contribution in [0.1, 0.15) is 65.4 Å². The van der Waals surface area contributed by atoms with Crippen molar-refractivity contribution >= 4 is 31.5 Å². The third-order valence-electron chi connectivity index (χ3n) is 8.48. The van der Waals surface area contributed by atoms with Crippen molar-refractivity contribution in [2.24, 2.45) is 5.92 Å². The fourth-order valence-electron chi connectivity index (χ4n) is 6.67. The van der Waals surface area contributed by atoms with Crippen molar-refractivity contribution in [2.45, 2.75) is 90.1 Å². The molecule has 4 rings (SSSR count). The van der Waals surface area contributed by atoms with Crippen LogP contribution in [0.3, 0.4) is 0 Å². The number of rotatable bonds is 9. The van der Waals surface area contributed by atoms with Gasteiger partial charge in [0.15, 0.2) is 13.9 Å². The van der Waals surface area contributed by atoms with Gasteiger partial charge in [0.05, 0.1) is 11.8 Å². The molecule has 208 valence electrons. The quantitative estimate of drug-likeness (QED) is 0.339. The van der Waals surface area contributed by atoms with E-state index in [2.05, 4.69) is 32.9 Å². The van der Waals surface area contributed by atoms with Crippen LogP contribution in [0.25, 0.3) is 0 Å². The van der Waals surface area contributed by atoms with E-state index in [0.29, 0.717) is 25.9 Å². The molecule has 8 heteroatoms. The van der Waals surface area contributed by atoms with Crippen molar-refractivity contribution in [3.63, 3.8) is 0 Å². The van der Waals surface area contributed by atoms with Crippen molar-refractivity contribution in [1.82, 2.24) is 0 Å². The lowest BCUT2D eigenvalue weighted by molar-refractivity contribution is -0.146. The molecule has 3 aliphatic rings. The summed E-state index contributed by atoms with van der Waals surface area (Å²) in [5.74, 6) is -0.313. The number of amides is 2. The summed E-state index contributed by atoms with van der Waals surface area (Å²) in [7, 11) is -2.75.